The Balaban J connectivity index is 0.00000261. The molecule has 0 aromatic carbocycles. The number of amides is 1. The van der Waals surface area contributed by atoms with Gasteiger partial charge in [-0.15, -0.1) is 12.4 Å². The molecule has 152 valence electrons. The fourth-order valence-corrected chi connectivity index (χ4v) is 3.79. The number of anilines is 1. The summed E-state index contributed by atoms with van der Waals surface area (Å²) < 4.78 is 0. The number of likely N-dealkylation sites (tertiary alicyclic amines) is 1. The van der Waals surface area contributed by atoms with Crippen molar-refractivity contribution < 1.29 is 4.79 Å². The smallest absolute Gasteiger partial charge is 0.227 e. The number of hydrogen-bond donors (Lipinski definition) is 1. The van der Waals surface area contributed by atoms with Gasteiger partial charge in [0.05, 0.1) is 5.92 Å². The summed E-state index contributed by atoms with van der Waals surface area (Å²) in [7, 11) is 2.07. The second-order valence-corrected chi connectivity index (χ2v) is 7.88. The third kappa shape index (κ3) is 5.80. The lowest BCUT2D eigenvalue weighted by atomic mass is 9.96. The maximum Gasteiger partial charge on any atom is 0.227 e. The summed E-state index contributed by atoms with van der Waals surface area (Å²) in [6.07, 6.45) is 4.11. The van der Waals surface area contributed by atoms with Gasteiger partial charge in [-0.1, -0.05) is 6.07 Å². The molecule has 2 saturated heterocycles. The van der Waals surface area contributed by atoms with Gasteiger partial charge in [0.25, 0.3) is 0 Å². The number of halogens is 1. The molecule has 6 nitrogen and oxygen atoms in total. The van der Waals surface area contributed by atoms with Gasteiger partial charge in [-0.25, -0.2) is 4.98 Å². The van der Waals surface area contributed by atoms with Crippen LogP contribution in [-0.4, -0.2) is 73.0 Å². The summed E-state index contributed by atoms with van der Waals surface area (Å²) in [6.45, 7) is 10.7. The molecule has 7 heteroatoms. The fraction of sp³-hybridized carbons (Fsp3) is 0.700. The third-order valence-corrected chi connectivity index (χ3v) is 5.63. The van der Waals surface area contributed by atoms with Crippen molar-refractivity contribution in [2.45, 2.75) is 39.3 Å². The lowest BCUT2D eigenvalue weighted by molar-refractivity contribution is -0.138. The van der Waals surface area contributed by atoms with Crippen molar-refractivity contribution in [3.8, 4) is 0 Å². The first-order valence-electron chi connectivity index (χ1n) is 9.94. The Hall–Kier alpha value is -1.37. The van der Waals surface area contributed by atoms with Crippen LogP contribution in [0, 0.1) is 5.92 Å². The molecule has 2 aliphatic rings. The van der Waals surface area contributed by atoms with Gasteiger partial charge in [0.15, 0.2) is 0 Å². The molecule has 0 saturated carbocycles. The first-order valence-corrected chi connectivity index (χ1v) is 9.94. The van der Waals surface area contributed by atoms with Crippen molar-refractivity contribution in [2.24, 2.45) is 5.92 Å². The van der Waals surface area contributed by atoms with Gasteiger partial charge in [0.2, 0.25) is 5.91 Å². The standard InChI is InChI=1S/C20H33N5O.ClH/c1-16(2)23(3)19-7-6-17(13-22-19)14-24-10-4-5-18(15-24)20(26)25-11-8-21-9-12-25;/h6-7,13,16,18,21H,4-5,8-12,14-15H2,1-3H3;1H. The zero-order valence-corrected chi connectivity index (χ0v) is 17.7. The Labute approximate surface area is 169 Å². The van der Waals surface area contributed by atoms with E-state index in [0.717, 1.165) is 64.5 Å². The molecule has 0 spiro atoms. The highest BCUT2D eigenvalue weighted by Crippen LogP contribution is 2.21. The summed E-state index contributed by atoms with van der Waals surface area (Å²) in [5.41, 5.74) is 1.22. The number of nitrogens with zero attached hydrogens (tertiary/aromatic N) is 4. The van der Waals surface area contributed by atoms with E-state index in [1.54, 1.807) is 0 Å². The molecule has 1 unspecified atom stereocenters. The van der Waals surface area contributed by atoms with Crippen molar-refractivity contribution in [2.75, 3.05) is 51.2 Å². The van der Waals surface area contributed by atoms with Crippen LogP contribution in [0.3, 0.4) is 0 Å². The summed E-state index contributed by atoms with van der Waals surface area (Å²) in [5.74, 6) is 1.51. The number of hydrogen-bond acceptors (Lipinski definition) is 5. The van der Waals surface area contributed by atoms with E-state index in [1.807, 2.05) is 11.1 Å². The van der Waals surface area contributed by atoms with Crippen LogP contribution in [0.4, 0.5) is 5.82 Å². The number of nitrogens with one attached hydrogen (secondary N) is 1. The molecular formula is C20H34ClN5O. The van der Waals surface area contributed by atoms with E-state index in [4.69, 9.17) is 0 Å². The van der Waals surface area contributed by atoms with Crippen LogP contribution in [0.5, 0.6) is 0 Å². The molecule has 2 aliphatic heterocycles. The van der Waals surface area contributed by atoms with Crippen molar-refractivity contribution in [1.82, 2.24) is 20.1 Å². The molecule has 0 aliphatic carbocycles. The zero-order valence-electron chi connectivity index (χ0n) is 16.9. The number of carbonyl (C=O) groups is 1. The highest BCUT2D eigenvalue weighted by atomic mass is 35.5. The predicted molar refractivity (Wildman–Crippen MR) is 112 cm³/mol. The zero-order chi connectivity index (χ0) is 18.5. The maximum absolute atomic E-state index is 12.8. The van der Waals surface area contributed by atoms with Gasteiger partial charge < -0.3 is 15.1 Å². The van der Waals surface area contributed by atoms with Gasteiger partial charge in [-0.3, -0.25) is 9.69 Å². The molecule has 2 fully saturated rings. The monoisotopic (exact) mass is 395 g/mol. The molecule has 1 aromatic rings. The van der Waals surface area contributed by atoms with Gasteiger partial charge in [0.1, 0.15) is 5.82 Å². The topological polar surface area (TPSA) is 51.7 Å². The van der Waals surface area contributed by atoms with E-state index < -0.39 is 0 Å². The number of carbonyl (C=O) groups excluding carboxylic acids is 1. The van der Waals surface area contributed by atoms with Crippen molar-refractivity contribution in [3.05, 3.63) is 23.9 Å². The van der Waals surface area contributed by atoms with Crippen LogP contribution in [0.25, 0.3) is 0 Å². The van der Waals surface area contributed by atoms with Crippen LogP contribution in [0.15, 0.2) is 18.3 Å². The summed E-state index contributed by atoms with van der Waals surface area (Å²) in [6, 6.07) is 4.71. The van der Waals surface area contributed by atoms with Crippen LogP contribution in [0.2, 0.25) is 0 Å². The van der Waals surface area contributed by atoms with Crippen LogP contribution in [-0.2, 0) is 11.3 Å². The van der Waals surface area contributed by atoms with Crippen molar-refractivity contribution in [3.63, 3.8) is 0 Å². The Morgan fingerprint density at radius 1 is 1.30 bits per heavy atom. The van der Waals surface area contributed by atoms with Gasteiger partial charge >= 0.3 is 0 Å². The molecular weight excluding hydrogens is 362 g/mol. The molecule has 0 radical (unpaired) electrons. The van der Waals surface area contributed by atoms with Gasteiger partial charge in [0, 0.05) is 58.6 Å². The van der Waals surface area contributed by atoms with E-state index >= 15 is 0 Å². The highest BCUT2D eigenvalue weighted by Gasteiger charge is 2.29. The van der Waals surface area contributed by atoms with E-state index in [2.05, 4.69) is 53.1 Å². The van der Waals surface area contributed by atoms with Crippen LogP contribution < -0.4 is 10.2 Å². The van der Waals surface area contributed by atoms with Gasteiger partial charge in [-0.2, -0.15) is 0 Å². The molecule has 3 heterocycles. The molecule has 1 aromatic heterocycles. The van der Waals surface area contributed by atoms with E-state index in [1.165, 1.54) is 5.56 Å². The number of rotatable bonds is 5. The van der Waals surface area contributed by atoms with Crippen molar-refractivity contribution in [1.29, 1.82) is 0 Å². The fourth-order valence-electron chi connectivity index (χ4n) is 3.79. The van der Waals surface area contributed by atoms with E-state index in [-0.39, 0.29) is 18.3 Å². The van der Waals surface area contributed by atoms with E-state index in [0.29, 0.717) is 11.9 Å². The molecule has 1 amide bonds. The van der Waals surface area contributed by atoms with Crippen LogP contribution in [0.1, 0.15) is 32.3 Å². The highest BCUT2D eigenvalue weighted by molar-refractivity contribution is 5.85. The normalized spacial score (nSPS) is 21.0. The second-order valence-electron chi connectivity index (χ2n) is 7.88. The largest absolute Gasteiger partial charge is 0.357 e. The quantitative estimate of drug-likeness (QED) is 0.826. The first-order chi connectivity index (χ1) is 12.5. The summed E-state index contributed by atoms with van der Waals surface area (Å²) in [5, 5.41) is 3.32. The molecule has 0 bridgehead atoms. The van der Waals surface area contributed by atoms with Crippen LogP contribution >= 0.6 is 12.4 Å². The Kier molecular flexibility index (Phi) is 8.32. The molecule has 1 atom stereocenters. The molecule has 3 rings (SSSR count). The number of pyridine rings is 1. The first kappa shape index (κ1) is 21.9. The minimum absolute atomic E-state index is 0. The van der Waals surface area contributed by atoms with Crippen molar-refractivity contribution >= 4 is 24.1 Å². The second kappa shape index (κ2) is 10.2. The van der Waals surface area contributed by atoms with Gasteiger partial charge in [-0.05, 0) is 44.9 Å². The number of piperazine rings is 1. The summed E-state index contributed by atoms with van der Waals surface area (Å²) in [4.78, 5) is 24.0. The lowest BCUT2D eigenvalue weighted by Crippen LogP contribution is -2.51. The average molecular weight is 396 g/mol. The summed E-state index contributed by atoms with van der Waals surface area (Å²) >= 11 is 0. The minimum Gasteiger partial charge on any atom is -0.357 e. The number of aromatic nitrogens is 1. The molecule has 27 heavy (non-hydrogen) atoms. The van der Waals surface area contributed by atoms with E-state index in [9.17, 15) is 4.79 Å². The number of piperidine rings is 1. The SMILES string of the molecule is CC(C)N(C)c1ccc(CN2CCCC(C(=O)N3CCNCC3)C2)cn1.Cl. The minimum atomic E-state index is 0. The Morgan fingerprint density at radius 2 is 2.04 bits per heavy atom. The average Bonchev–Trinajstić information content (AvgIpc) is 2.68. The molecule has 1 N–H and O–H groups in total. The predicted octanol–water partition coefficient (Wildman–Crippen LogP) is 1.99. The third-order valence-electron chi connectivity index (χ3n) is 5.63. The Bertz CT molecular complexity index is 589. The lowest BCUT2D eigenvalue weighted by Gasteiger charge is -2.36. The Morgan fingerprint density at radius 3 is 2.67 bits per heavy atom. The maximum atomic E-state index is 12.8.